The second kappa shape index (κ2) is 11.6. The van der Waals surface area contributed by atoms with E-state index in [2.05, 4.69) is 214 Å². The van der Waals surface area contributed by atoms with E-state index in [9.17, 15) is 0 Å². The molecular formula is C52H33N3. The van der Waals surface area contributed by atoms with Crippen LogP contribution in [0.15, 0.2) is 200 Å². The van der Waals surface area contributed by atoms with Crippen molar-refractivity contribution in [2.45, 2.75) is 0 Å². The van der Waals surface area contributed by atoms with Gasteiger partial charge in [0.25, 0.3) is 0 Å². The summed E-state index contributed by atoms with van der Waals surface area (Å²) < 4.78 is 7.34. The molecule has 0 radical (unpaired) electrons. The number of rotatable bonds is 4. The van der Waals surface area contributed by atoms with Gasteiger partial charge in [0.15, 0.2) is 0 Å². The first-order valence-electron chi connectivity index (χ1n) is 18.9. The Bertz CT molecular complexity index is 3430. The van der Waals surface area contributed by atoms with Gasteiger partial charge in [-0.3, -0.25) is 0 Å². The Hall–Kier alpha value is -7.36. The third-order valence-electron chi connectivity index (χ3n) is 11.6. The van der Waals surface area contributed by atoms with Gasteiger partial charge in [0.2, 0.25) is 0 Å². The van der Waals surface area contributed by atoms with Gasteiger partial charge in [0.1, 0.15) is 0 Å². The predicted octanol–water partition coefficient (Wildman–Crippen LogP) is 13.8. The second-order valence-electron chi connectivity index (χ2n) is 14.6. The zero-order chi connectivity index (χ0) is 36.0. The summed E-state index contributed by atoms with van der Waals surface area (Å²) in [4.78, 5) is 0. The highest BCUT2D eigenvalue weighted by atomic mass is 15.0. The van der Waals surface area contributed by atoms with Crippen molar-refractivity contribution in [2.24, 2.45) is 0 Å². The molecule has 0 bridgehead atoms. The molecule has 12 rings (SSSR count). The minimum Gasteiger partial charge on any atom is -0.309 e. The highest BCUT2D eigenvalue weighted by Crippen LogP contribution is 2.42. The lowest BCUT2D eigenvalue weighted by atomic mass is 10.0. The Kier molecular flexibility index (Phi) is 6.34. The summed E-state index contributed by atoms with van der Waals surface area (Å²) in [5.41, 5.74) is 13.1. The molecule has 0 saturated heterocycles. The summed E-state index contributed by atoms with van der Waals surface area (Å²) in [6, 6.07) is 73.2. The van der Waals surface area contributed by atoms with Crippen molar-refractivity contribution in [1.82, 2.24) is 13.7 Å². The van der Waals surface area contributed by atoms with Crippen LogP contribution in [-0.4, -0.2) is 13.7 Å². The van der Waals surface area contributed by atoms with E-state index in [1.165, 1.54) is 87.3 Å². The lowest BCUT2D eigenvalue weighted by Gasteiger charge is -2.14. The number of para-hydroxylation sites is 4. The van der Waals surface area contributed by atoms with E-state index in [1.54, 1.807) is 0 Å². The molecule has 256 valence electrons. The summed E-state index contributed by atoms with van der Waals surface area (Å²) in [7, 11) is 0. The Labute approximate surface area is 317 Å². The van der Waals surface area contributed by atoms with Crippen LogP contribution in [0.3, 0.4) is 0 Å². The molecule has 3 nitrogen and oxygen atoms in total. The zero-order valence-corrected chi connectivity index (χ0v) is 29.9. The van der Waals surface area contributed by atoms with Crippen molar-refractivity contribution in [1.29, 1.82) is 0 Å². The van der Waals surface area contributed by atoms with Crippen molar-refractivity contribution in [3.05, 3.63) is 200 Å². The average Bonchev–Trinajstić information content (AvgIpc) is 3.90. The van der Waals surface area contributed by atoms with Crippen molar-refractivity contribution >= 4 is 76.2 Å². The number of benzene rings is 9. The number of hydrogen-bond donors (Lipinski definition) is 0. The maximum atomic E-state index is 2.49. The standard InChI is InChI=1S/C52H33N3/c1-2-13-36-33-40(29-26-34(36)12-1)55-50-23-10-6-19-44(50)46-31-30-45-43-18-5-9-22-49(43)54(51(45)52(46)55)39-15-11-14-37(32-39)35-24-27-38(28-25-35)53-47-20-7-3-16-41(47)42-17-4-8-21-48(42)53/h1-33H. The maximum absolute atomic E-state index is 2.49. The van der Waals surface area contributed by atoms with E-state index in [0.29, 0.717) is 0 Å². The van der Waals surface area contributed by atoms with Crippen molar-refractivity contribution in [3.8, 4) is 28.2 Å². The highest BCUT2D eigenvalue weighted by Gasteiger charge is 2.21. The summed E-state index contributed by atoms with van der Waals surface area (Å²) in [6.07, 6.45) is 0. The number of fused-ring (bicyclic) bond motifs is 11. The molecule has 0 fully saturated rings. The fourth-order valence-corrected chi connectivity index (χ4v) is 9.18. The van der Waals surface area contributed by atoms with Gasteiger partial charge in [-0.1, -0.05) is 140 Å². The van der Waals surface area contributed by atoms with Crippen molar-refractivity contribution < 1.29 is 0 Å². The molecule has 0 aliphatic carbocycles. The molecule has 3 aromatic heterocycles. The molecule has 9 aromatic carbocycles. The van der Waals surface area contributed by atoms with Gasteiger partial charge in [-0.05, 0) is 82.6 Å². The van der Waals surface area contributed by atoms with Gasteiger partial charge in [-0.15, -0.1) is 0 Å². The van der Waals surface area contributed by atoms with E-state index < -0.39 is 0 Å². The molecule has 0 amide bonds. The molecule has 3 heteroatoms. The fraction of sp³-hybridized carbons (Fsp3) is 0. The fourth-order valence-electron chi connectivity index (χ4n) is 9.18. The van der Waals surface area contributed by atoms with E-state index in [0.717, 1.165) is 17.1 Å². The van der Waals surface area contributed by atoms with Crippen LogP contribution >= 0.6 is 0 Å². The molecule has 55 heavy (non-hydrogen) atoms. The average molecular weight is 700 g/mol. The molecule has 0 N–H and O–H groups in total. The quantitative estimate of drug-likeness (QED) is 0.174. The van der Waals surface area contributed by atoms with Gasteiger partial charge in [-0.2, -0.15) is 0 Å². The SMILES string of the molecule is c1cc(-c2ccc(-n3c4ccccc4c4ccccc43)cc2)cc(-n2c3ccccc3c3ccc4c5ccccc5n(-c5ccc6ccccc6c5)c4c32)c1. The largest absolute Gasteiger partial charge is 0.309 e. The van der Waals surface area contributed by atoms with Gasteiger partial charge in [0.05, 0.1) is 33.1 Å². The van der Waals surface area contributed by atoms with Crippen LogP contribution in [0.1, 0.15) is 0 Å². The Morgan fingerprint density at radius 1 is 0.236 bits per heavy atom. The van der Waals surface area contributed by atoms with Crippen LogP contribution in [0.2, 0.25) is 0 Å². The number of aromatic nitrogens is 3. The second-order valence-corrected chi connectivity index (χ2v) is 14.6. The first-order valence-corrected chi connectivity index (χ1v) is 18.9. The molecule has 0 atom stereocenters. The third kappa shape index (κ3) is 4.38. The molecule has 0 aliphatic heterocycles. The van der Waals surface area contributed by atoms with Gasteiger partial charge >= 0.3 is 0 Å². The van der Waals surface area contributed by atoms with E-state index in [-0.39, 0.29) is 0 Å². The lowest BCUT2D eigenvalue weighted by molar-refractivity contribution is 1.15. The highest BCUT2D eigenvalue weighted by molar-refractivity contribution is 6.24. The minimum atomic E-state index is 1.14. The van der Waals surface area contributed by atoms with E-state index in [1.807, 2.05) is 0 Å². The number of hydrogen-bond acceptors (Lipinski definition) is 0. The van der Waals surface area contributed by atoms with Gasteiger partial charge in [-0.25, -0.2) is 0 Å². The summed E-state index contributed by atoms with van der Waals surface area (Å²) in [6.45, 7) is 0. The van der Waals surface area contributed by atoms with Crippen molar-refractivity contribution in [3.63, 3.8) is 0 Å². The minimum absolute atomic E-state index is 1.14. The smallest absolute Gasteiger partial charge is 0.0788 e. The zero-order valence-electron chi connectivity index (χ0n) is 29.9. The normalized spacial score (nSPS) is 12.0. The Morgan fingerprint density at radius 3 is 1.27 bits per heavy atom. The third-order valence-corrected chi connectivity index (χ3v) is 11.6. The van der Waals surface area contributed by atoms with Crippen molar-refractivity contribution in [2.75, 3.05) is 0 Å². The first-order chi connectivity index (χ1) is 27.3. The molecule has 0 saturated carbocycles. The Morgan fingerprint density at radius 2 is 0.691 bits per heavy atom. The van der Waals surface area contributed by atoms with Crippen LogP contribution in [0.5, 0.6) is 0 Å². The number of nitrogens with zero attached hydrogens (tertiary/aromatic N) is 3. The van der Waals surface area contributed by atoms with E-state index >= 15 is 0 Å². The molecule has 0 spiro atoms. The lowest BCUT2D eigenvalue weighted by Crippen LogP contribution is -1.99. The molecule has 0 unspecified atom stereocenters. The van der Waals surface area contributed by atoms with Crippen LogP contribution in [0, 0.1) is 0 Å². The molecule has 0 aliphatic rings. The van der Waals surface area contributed by atoms with Gasteiger partial charge in [0, 0.05) is 49.4 Å². The summed E-state index contributed by atoms with van der Waals surface area (Å²) in [5.74, 6) is 0. The predicted molar refractivity (Wildman–Crippen MR) is 232 cm³/mol. The molecule has 12 aromatic rings. The molecular weight excluding hydrogens is 667 g/mol. The van der Waals surface area contributed by atoms with Crippen LogP contribution in [0.25, 0.3) is 104 Å². The van der Waals surface area contributed by atoms with Crippen LogP contribution < -0.4 is 0 Å². The summed E-state index contributed by atoms with van der Waals surface area (Å²) in [5, 5.41) is 10.0. The Balaban J connectivity index is 1.08. The van der Waals surface area contributed by atoms with E-state index in [4.69, 9.17) is 0 Å². The summed E-state index contributed by atoms with van der Waals surface area (Å²) >= 11 is 0. The first kappa shape index (κ1) is 30.1. The topological polar surface area (TPSA) is 14.8 Å². The monoisotopic (exact) mass is 699 g/mol. The molecule has 3 heterocycles. The van der Waals surface area contributed by atoms with Gasteiger partial charge < -0.3 is 13.7 Å². The van der Waals surface area contributed by atoms with Crippen LogP contribution in [-0.2, 0) is 0 Å². The van der Waals surface area contributed by atoms with Crippen LogP contribution in [0.4, 0.5) is 0 Å². The maximum Gasteiger partial charge on any atom is 0.0788 e.